The molecule has 0 aliphatic carbocycles. The molecule has 3 N–H and O–H groups in total. The van der Waals surface area contributed by atoms with Gasteiger partial charge in [0, 0.05) is 35.9 Å². The summed E-state index contributed by atoms with van der Waals surface area (Å²) in [7, 11) is 4.04. The van der Waals surface area contributed by atoms with E-state index in [1.165, 1.54) is 5.56 Å². The van der Waals surface area contributed by atoms with Gasteiger partial charge in [-0.05, 0) is 50.7 Å². The number of benzene rings is 2. The summed E-state index contributed by atoms with van der Waals surface area (Å²) in [6.45, 7) is 2.87. The molecule has 2 amide bonds. The molecular formula is C23H26N4O2. The highest BCUT2D eigenvalue weighted by Crippen LogP contribution is 2.57. The molecule has 0 bridgehead atoms. The van der Waals surface area contributed by atoms with Gasteiger partial charge in [-0.25, -0.2) is 0 Å². The Morgan fingerprint density at radius 1 is 1.17 bits per heavy atom. The SMILES string of the molecule is CN(C)C[C@@H]1Cc2ccccc2[C@@]2(C)C[C@]3(C(=O)Nc4cc(N)ccc43)C(=O)N12. The van der Waals surface area contributed by atoms with Crippen LogP contribution in [0.2, 0.25) is 0 Å². The van der Waals surface area contributed by atoms with Gasteiger partial charge in [0.1, 0.15) is 0 Å². The Hall–Kier alpha value is -2.86. The molecule has 1 spiro atoms. The topological polar surface area (TPSA) is 78.7 Å². The van der Waals surface area contributed by atoms with Gasteiger partial charge in [0.25, 0.3) is 0 Å². The van der Waals surface area contributed by atoms with Crippen molar-refractivity contribution < 1.29 is 9.59 Å². The molecular weight excluding hydrogens is 364 g/mol. The van der Waals surface area contributed by atoms with E-state index in [2.05, 4.69) is 35.3 Å². The zero-order valence-electron chi connectivity index (χ0n) is 17.0. The minimum absolute atomic E-state index is 0.0161. The van der Waals surface area contributed by atoms with Crippen LogP contribution in [0.15, 0.2) is 42.5 Å². The number of carbonyl (C=O) groups excluding carboxylic acids is 2. The van der Waals surface area contributed by atoms with Gasteiger partial charge < -0.3 is 20.9 Å². The van der Waals surface area contributed by atoms with Crippen LogP contribution in [0.5, 0.6) is 0 Å². The lowest BCUT2D eigenvalue weighted by Crippen LogP contribution is -2.56. The number of nitrogens with one attached hydrogen (secondary N) is 1. The Labute approximate surface area is 170 Å². The average Bonchev–Trinajstić information content (AvgIpc) is 3.06. The van der Waals surface area contributed by atoms with Crippen molar-refractivity contribution in [3.8, 4) is 0 Å². The summed E-state index contributed by atoms with van der Waals surface area (Å²) in [6.07, 6.45) is 1.23. The van der Waals surface area contributed by atoms with Crippen molar-refractivity contribution in [1.29, 1.82) is 0 Å². The third kappa shape index (κ3) is 2.26. The fraction of sp³-hybridized carbons (Fsp3) is 0.391. The van der Waals surface area contributed by atoms with E-state index in [0.717, 1.165) is 24.1 Å². The van der Waals surface area contributed by atoms with Crippen LogP contribution in [0.4, 0.5) is 11.4 Å². The fourth-order valence-corrected chi connectivity index (χ4v) is 5.81. The second kappa shape index (κ2) is 5.83. The molecule has 6 nitrogen and oxygen atoms in total. The summed E-state index contributed by atoms with van der Waals surface area (Å²) in [5.74, 6) is -0.331. The molecule has 2 aromatic rings. The van der Waals surface area contributed by atoms with E-state index in [-0.39, 0.29) is 17.9 Å². The standard InChI is InChI=1S/C23H26N4O2/c1-22-13-23(18-9-8-15(24)11-19(18)25-20(23)28)21(29)27(22)16(12-26(2)3)10-14-6-4-5-7-17(14)22/h4-9,11,16H,10,12-13,24H2,1-3H3,(H,25,28)/t16-,22+,23-/m0/s1. The van der Waals surface area contributed by atoms with Crippen LogP contribution < -0.4 is 11.1 Å². The van der Waals surface area contributed by atoms with Gasteiger partial charge in [-0.3, -0.25) is 9.59 Å². The smallest absolute Gasteiger partial charge is 0.244 e. The fourth-order valence-electron chi connectivity index (χ4n) is 5.81. The first kappa shape index (κ1) is 18.2. The van der Waals surface area contributed by atoms with E-state index in [1.54, 1.807) is 12.1 Å². The quantitative estimate of drug-likeness (QED) is 0.608. The largest absolute Gasteiger partial charge is 0.399 e. The maximum absolute atomic E-state index is 14.0. The third-order valence-electron chi connectivity index (χ3n) is 6.86. The number of anilines is 2. The second-order valence-electron chi connectivity index (χ2n) is 9.07. The lowest BCUT2D eigenvalue weighted by atomic mass is 9.72. The number of likely N-dealkylation sites (N-methyl/N-ethyl adjacent to an activating group) is 1. The maximum atomic E-state index is 14.0. The summed E-state index contributed by atoms with van der Waals surface area (Å²) in [5, 5.41) is 2.93. The molecule has 3 aliphatic heterocycles. The van der Waals surface area contributed by atoms with Crippen molar-refractivity contribution in [3.05, 3.63) is 59.2 Å². The van der Waals surface area contributed by atoms with Crippen molar-refractivity contribution in [3.63, 3.8) is 0 Å². The Morgan fingerprint density at radius 2 is 1.93 bits per heavy atom. The molecule has 1 fully saturated rings. The van der Waals surface area contributed by atoms with Crippen molar-refractivity contribution in [2.75, 3.05) is 31.7 Å². The van der Waals surface area contributed by atoms with Gasteiger partial charge in [-0.2, -0.15) is 0 Å². The number of nitrogens with zero attached hydrogens (tertiary/aromatic N) is 2. The Balaban J connectivity index is 1.72. The van der Waals surface area contributed by atoms with Crippen molar-refractivity contribution in [2.24, 2.45) is 0 Å². The van der Waals surface area contributed by atoms with Crippen LogP contribution in [0.3, 0.4) is 0 Å². The van der Waals surface area contributed by atoms with Gasteiger partial charge in [-0.1, -0.05) is 30.3 Å². The number of carbonyl (C=O) groups is 2. The predicted molar refractivity (Wildman–Crippen MR) is 112 cm³/mol. The molecule has 0 aromatic heterocycles. The molecule has 5 rings (SSSR count). The number of hydrogen-bond acceptors (Lipinski definition) is 4. The van der Waals surface area contributed by atoms with E-state index in [4.69, 9.17) is 5.73 Å². The van der Waals surface area contributed by atoms with E-state index in [1.807, 2.05) is 31.1 Å². The number of rotatable bonds is 2. The maximum Gasteiger partial charge on any atom is 0.244 e. The highest BCUT2D eigenvalue weighted by Gasteiger charge is 2.67. The first-order valence-electron chi connectivity index (χ1n) is 10.1. The first-order valence-corrected chi connectivity index (χ1v) is 10.1. The molecule has 150 valence electrons. The van der Waals surface area contributed by atoms with Crippen LogP contribution >= 0.6 is 0 Å². The Kier molecular flexibility index (Phi) is 3.65. The number of nitrogens with two attached hydrogens (primary N) is 1. The molecule has 1 saturated heterocycles. The molecule has 0 unspecified atom stereocenters. The normalized spacial score (nSPS) is 29.8. The number of hydrogen-bond donors (Lipinski definition) is 2. The molecule has 3 aliphatic rings. The predicted octanol–water partition coefficient (Wildman–Crippen LogP) is 2.09. The zero-order valence-corrected chi connectivity index (χ0v) is 17.0. The van der Waals surface area contributed by atoms with E-state index >= 15 is 0 Å². The molecule has 29 heavy (non-hydrogen) atoms. The molecule has 6 heteroatoms. The van der Waals surface area contributed by atoms with Gasteiger partial charge in [0.2, 0.25) is 11.8 Å². The van der Waals surface area contributed by atoms with E-state index in [0.29, 0.717) is 17.8 Å². The van der Waals surface area contributed by atoms with Crippen LogP contribution in [-0.2, 0) is 27.0 Å². The van der Waals surface area contributed by atoms with Gasteiger partial charge in [0.05, 0.1) is 5.54 Å². The molecule has 3 atom stereocenters. The minimum Gasteiger partial charge on any atom is -0.399 e. The monoisotopic (exact) mass is 390 g/mol. The number of fused-ring (bicyclic) bond motifs is 5. The van der Waals surface area contributed by atoms with Crippen molar-refractivity contribution in [2.45, 2.75) is 36.8 Å². The highest BCUT2D eigenvalue weighted by molar-refractivity contribution is 6.22. The van der Waals surface area contributed by atoms with Crippen LogP contribution in [0.25, 0.3) is 0 Å². The van der Waals surface area contributed by atoms with Crippen LogP contribution in [-0.4, -0.2) is 48.3 Å². The molecule has 3 heterocycles. The van der Waals surface area contributed by atoms with Crippen LogP contribution in [0, 0.1) is 0 Å². The summed E-state index contributed by atoms with van der Waals surface area (Å²) < 4.78 is 0. The Morgan fingerprint density at radius 3 is 2.69 bits per heavy atom. The lowest BCUT2D eigenvalue weighted by molar-refractivity contribution is -0.141. The van der Waals surface area contributed by atoms with Gasteiger partial charge in [0.15, 0.2) is 5.41 Å². The van der Waals surface area contributed by atoms with E-state index in [9.17, 15) is 9.59 Å². The van der Waals surface area contributed by atoms with Crippen LogP contribution in [0.1, 0.15) is 30.0 Å². The minimum atomic E-state index is -1.19. The summed E-state index contributed by atoms with van der Waals surface area (Å²) in [5.41, 5.74) is 8.59. The highest BCUT2D eigenvalue weighted by atomic mass is 16.2. The third-order valence-corrected chi connectivity index (χ3v) is 6.86. The Bertz CT molecular complexity index is 1050. The number of nitrogen functional groups attached to an aromatic ring is 1. The molecule has 0 radical (unpaired) electrons. The summed E-state index contributed by atoms with van der Waals surface area (Å²) >= 11 is 0. The average molecular weight is 390 g/mol. The van der Waals surface area contributed by atoms with Gasteiger partial charge >= 0.3 is 0 Å². The zero-order chi connectivity index (χ0) is 20.6. The van der Waals surface area contributed by atoms with Crippen molar-refractivity contribution in [1.82, 2.24) is 9.80 Å². The summed E-state index contributed by atoms with van der Waals surface area (Å²) in [4.78, 5) is 31.4. The van der Waals surface area contributed by atoms with E-state index < -0.39 is 11.0 Å². The number of amides is 2. The molecule has 0 saturated carbocycles. The van der Waals surface area contributed by atoms with Gasteiger partial charge in [-0.15, -0.1) is 0 Å². The second-order valence-corrected chi connectivity index (χ2v) is 9.07. The molecule has 2 aromatic carbocycles. The lowest BCUT2D eigenvalue weighted by Gasteiger charge is -2.47. The first-order chi connectivity index (χ1) is 13.8. The van der Waals surface area contributed by atoms with Crippen molar-refractivity contribution >= 4 is 23.2 Å². The summed E-state index contributed by atoms with van der Waals surface area (Å²) in [6, 6.07) is 13.7.